The van der Waals surface area contributed by atoms with E-state index >= 15 is 0 Å². The lowest BCUT2D eigenvalue weighted by molar-refractivity contribution is -0.392. The number of nitro groups is 1. The van der Waals surface area contributed by atoms with Gasteiger partial charge in [0.05, 0.1) is 0 Å². The van der Waals surface area contributed by atoms with Gasteiger partial charge in [0.15, 0.2) is 5.82 Å². The van der Waals surface area contributed by atoms with E-state index in [1.165, 1.54) is 17.1 Å². The minimum Gasteiger partial charge on any atom is -0.461 e. The minimum atomic E-state index is -0.513. The van der Waals surface area contributed by atoms with Crippen molar-refractivity contribution in [2.45, 2.75) is 40.2 Å². The summed E-state index contributed by atoms with van der Waals surface area (Å²) in [4.78, 5) is 34.8. The molecule has 0 aliphatic heterocycles. The van der Waals surface area contributed by atoms with Crippen molar-refractivity contribution in [1.29, 1.82) is 0 Å². The van der Waals surface area contributed by atoms with Crippen molar-refractivity contribution in [3.63, 3.8) is 0 Å². The first-order valence-electron chi connectivity index (χ1n) is 8.36. The molecule has 0 aliphatic carbocycles. The summed E-state index contributed by atoms with van der Waals surface area (Å²) in [6, 6.07) is 0. The van der Waals surface area contributed by atoms with Crippen LogP contribution in [0.5, 0.6) is 0 Å². The molecule has 0 aliphatic rings. The SMILES string of the molecule is Cc1nc2ncnn2c(C)c1CCC(=O)OCCn1c([N+](=O)[O-])cnc1C. The molecule has 0 bridgehead atoms. The molecule has 11 nitrogen and oxygen atoms in total. The Balaban J connectivity index is 1.57. The van der Waals surface area contributed by atoms with E-state index in [4.69, 9.17) is 4.74 Å². The van der Waals surface area contributed by atoms with Gasteiger partial charge in [0, 0.05) is 24.7 Å². The molecular formula is C16H19N7O4. The van der Waals surface area contributed by atoms with E-state index in [0.29, 0.717) is 18.0 Å². The highest BCUT2D eigenvalue weighted by atomic mass is 16.6. The highest BCUT2D eigenvalue weighted by Crippen LogP contribution is 2.16. The van der Waals surface area contributed by atoms with Crippen LogP contribution in [0, 0.1) is 30.9 Å². The first-order chi connectivity index (χ1) is 12.9. The average Bonchev–Trinajstić information content (AvgIpc) is 3.22. The molecule has 0 amide bonds. The Kier molecular flexibility index (Phi) is 5.10. The predicted octanol–water partition coefficient (Wildman–Crippen LogP) is 1.33. The molecule has 0 spiro atoms. The molecule has 11 heteroatoms. The maximum atomic E-state index is 12.0. The topological polar surface area (TPSA) is 130 Å². The van der Waals surface area contributed by atoms with Crippen LogP contribution in [0.2, 0.25) is 0 Å². The molecule has 0 atom stereocenters. The Morgan fingerprint density at radius 3 is 2.81 bits per heavy atom. The smallest absolute Gasteiger partial charge is 0.342 e. The third-order valence-electron chi connectivity index (χ3n) is 4.37. The van der Waals surface area contributed by atoms with Crippen LogP contribution in [0.1, 0.15) is 29.2 Å². The van der Waals surface area contributed by atoms with Crippen LogP contribution < -0.4 is 0 Å². The second-order valence-electron chi connectivity index (χ2n) is 6.03. The molecule has 0 fully saturated rings. The standard InChI is InChI=1S/C16H19N7O4/c1-10-13(11(2)22-16(20-10)18-9-19-22)4-5-15(24)27-7-6-21-12(3)17-8-14(21)23(25)26/h8-9H,4-7H2,1-3H3. The average molecular weight is 373 g/mol. The van der Waals surface area contributed by atoms with Crippen molar-refractivity contribution in [2.75, 3.05) is 6.61 Å². The zero-order valence-corrected chi connectivity index (χ0v) is 15.2. The number of imidazole rings is 1. The number of carbonyl (C=O) groups is 1. The van der Waals surface area contributed by atoms with Gasteiger partial charge in [-0.3, -0.25) is 4.79 Å². The van der Waals surface area contributed by atoms with Crippen LogP contribution in [-0.4, -0.2) is 46.6 Å². The van der Waals surface area contributed by atoms with Gasteiger partial charge in [-0.1, -0.05) is 0 Å². The van der Waals surface area contributed by atoms with Crippen molar-refractivity contribution in [3.8, 4) is 0 Å². The van der Waals surface area contributed by atoms with E-state index in [1.807, 2.05) is 13.8 Å². The largest absolute Gasteiger partial charge is 0.461 e. The molecule has 0 saturated heterocycles. The summed E-state index contributed by atoms with van der Waals surface area (Å²) in [5.41, 5.74) is 2.60. The maximum absolute atomic E-state index is 12.0. The molecule has 0 radical (unpaired) electrons. The van der Waals surface area contributed by atoms with E-state index in [2.05, 4.69) is 20.1 Å². The second kappa shape index (κ2) is 7.48. The van der Waals surface area contributed by atoms with Crippen LogP contribution >= 0.6 is 0 Å². The number of aryl methyl sites for hydroxylation is 3. The molecule has 27 heavy (non-hydrogen) atoms. The molecule has 3 heterocycles. The van der Waals surface area contributed by atoms with Gasteiger partial charge in [0.25, 0.3) is 5.78 Å². The number of esters is 1. The van der Waals surface area contributed by atoms with E-state index < -0.39 is 4.92 Å². The van der Waals surface area contributed by atoms with E-state index in [-0.39, 0.29) is 31.4 Å². The van der Waals surface area contributed by atoms with E-state index in [0.717, 1.165) is 17.0 Å². The number of ether oxygens (including phenoxy) is 1. The zero-order chi connectivity index (χ0) is 19.6. The van der Waals surface area contributed by atoms with Gasteiger partial charge in [0.2, 0.25) is 0 Å². The highest BCUT2D eigenvalue weighted by molar-refractivity contribution is 5.69. The Morgan fingerprint density at radius 1 is 1.30 bits per heavy atom. The Bertz CT molecular complexity index is 1010. The number of hydrogen-bond acceptors (Lipinski definition) is 8. The highest BCUT2D eigenvalue weighted by Gasteiger charge is 2.18. The Morgan fingerprint density at radius 2 is 2.07 bits per heavy atom. The molecule has 0 aromatic carbocycles. The van der Waals surface area contributed by atoms with Crippen LogP contribution in [0.15, 0.2) is 12.5 Å². The van der Waals surface area contributed by atoms with Gasteiger partial charge in [-0.2, -0.15) is 10.1 Å². The lowest BCUT2D eigenvalue weighted by atomic mass is 10.1. The second-order valence-corrected chi connectivity index (χ2v) is 6.03. The van der Waals surface area contributed by atoms with Gasteiger partial charge in [-0.15, -0.1) is 0 Å². The Labute approximate surface area is 154 Å². The lowest BCUT2D eigenvalue weighted by Gasteiger charge is -2.10. The fourth-order valence-corrected chi connectivity index (χ4v) is 2.95. The van der Waals surface area contributed by atoms with Crippen LogP contribution in [-0.2, 0) is 22.5 Å². The Hall–Kier alpha value is -3.37. The summed E-state index contributed by atoms with van der Waals surface area (Å²) in [6.45, 7) is 5.64. The molecule has 0 N–H and O–H groups in total. The van der Waals surface area contributed by atoms with Crippen molar-refractivity contribution >= 4 is 17.6 Å². The summed E-state index contributed by atoms with van der Waals surface area (Å²) in [5, 5.41) is 15.1. The monoisotopic (exact) mass is 373 g/mol. The van der Waals surface area contributed by atoms with Crippen LogP contribution in [0.3, 0.4) is 0 Å². The number of rotatable bonds is 7. The molecular weight excluding hydrogens is 354 g/mol. The first kappa shape index (κ1) is 18.4. The van der Waals surface area contributed by atoms with Crippen molar-refractivity contribution < 1.29 is 14.5 Å². The van der Waals surface area contributed by atoms with Crippen LogP contribution in [0.25, 0.3) is 5.78 Å². The normalized spacial score (nSPS) is 11.1. The first-order valence-corrected chi connectivity index (χ1v) is 8.36. The molecule has 3 rings (SSSR count). The van der Waals surface area contributed by atoms with Gasteiger partial charge >= 0.3 is 11.8 Å². The summed E-state index contributed by atoms with van der Waals surface area (Å²) >= 11 is 0. The fraction of sp³-hybridized carbons (Fsp3) is 0.438. The number of fused-ring (bicyclic) bond motifs is 1. The van der Waals surface area contributed by atoms with E-state index in [1.54, 1.807) is 11.4 Å². The third kappa shape index (κ3) is 3.76. The number of nitrogens with zero attached hydrogens (tertiary/aromatic N) is 7. The predicted molar refractivity (Wildman–Crippen MR) is 93.2 cm³/mol. The van der Waals surface area contributed by atoms with Gasteiger partial charge < -0.3 is 14.9 Å². The van der Waals surface area contributed by atoms with Gasteiger partial charge in [-0.05, 0) is 30.8 Å². The fourth-order valence-electron chi connectivity index (χ4n) is 2.95. The molecule has 0 unspecified atom stereocenters. The third-order valence-corrected chi connectivity index (χ3v) is 4.37. The summed E-state index contributed by atoms with van der Waals surface area (Å²) in [6.07, 6.45) is 3.26. The van der Waals surface area contributed by atoms with Crippen molar-refractivity contribution in [2.24, 2.45) is 0 Å². The molecule has 3 aromatic heterocycles. The molecule has 0 saturated carbocycles. The number of hydrogen-bond donors (Lipinski definition) is 0. The van der Waals surface area contributed by atoms with Gasteiger partial charge in [0.1, 0.15) is 25.7 Å². The number of aromatic nitrogens is 6. The maximum Gasteiger partial charge on any atom is 0.342 e. The molecule has 142 valence electrons. The quantitative estimate of drug-likeness (QED) is 0.344. The van der Waals surface area contributed by atoms with Crippen molar-refractivity contribution in [3.05, 3.63) is 45.4 Å². The molecule has 3 aromatic rings. The summed E-state index contributed by atoms with van der Waals surface area (Å²) in [5.74, 6) is 0.514. The number of carbonyl (C=O) groups excluding carboxylic acids is 1. The zero-order valence-electron chi connectivity index (χ0n) is 15.2. The van der Waals surface area contributed by atoms with Crippen molar-refractivity contribution in [1.82, 2.24) is 29.1 Å². The van der Waals surface area contributed by atoms with E-state index in [9.17, 15) is 14.9 Å². The minimum absolute atomic E-state index is 0.0369. The summed E-state index contributed by atoms with van der Waals surface area (Å²) in [7, 11) is 0. The lowest BCUT2D eigenvalue weighted by Crippen LogP contribution is -2.15. The van der Waals surface area contributed by atoms with Crippen LogP contribution in [0.4, 0.5) is 5.82 Å². The summed E-state index contributed by atoms with van der Waals surface area (Å²) < 4.78 is 8.25. The van der Waals surface area contributed by atoms with Gasteiger partial charge in [-0.25, -0.2) is 19.1 Å².